The van der Waals surface area contributed by atoms with Crippen LogP contribution in [-0.4, -0.2) is 19.4 Å². The van der Waals surface area contributed by atoms with Crippen molar-refractivity contribution < 1.29 is 0 Å². The van der Waals surface area contributed by atoms with Crippen LogP contribution in [0.1, 0.15) is 0 Å². The zero-order chi connectivity index (χ0) is 27.4. The van der Waals surface area contributed by atoms with E-state index in [2.05, 4.69) is 118 Å². The molecule has 6 aromatic carbocycles. The molecule has 0 N–H and O–H groups in total. The van der Waals surface area contributed by atoms with E-state index in [1.807, 2.05) is 18.2 Å². The first-order valence-corrected chi connectivity index (χ1v) is 14.1. The van der Waals surface area contributed by atoms with Crippen LogP contribution in [0.25, 0.3) is 71.6 Å². The summed E-state index contributed by atoms with van der Waals surface area (Å²) in [4.78, 5) is 17.7. The van der Waals surface area contributed by atoms with Crippen LogP contribution in [-0.2, 0) is 0 Å². The van der Waals surface area contributed by atoms with Crippen molar-refractivity contribution in [1.82, 2.24) is 19.4 Å². The molecule has 0 radical (unpaired) electrons. The van der Waals surface area contributed by atoms with Crippen molar-refractivity contribution in [1.29, 1.82) is 0 Å². The summed E-state index contributed by atoms with van der Waals surface area (Å²) in [6.45, 7) is 0. The standard InChI is InChI=1S/C37H21N5/c1-2-11-23(12-3-1)35-38-36(29-19-6-13-22-10-4-5-14-24(22)29)40-37(39-35)41-30-20-8-17-27-25-15-7-16-26-28-18-9-21-31(41)34(28)42(32(25)26)33(27)30/h1-21H. The van der Waals surface area contributed by atoms with Crippen LogP contribution >= 0.6 is 0 Å². The predicted octanol–water partition coefficient (Wildman–Crippen LogP) is 9.29. The molecule has 4 heterocycles. The maximum Gasteiger partial charge on any atom is 0.238 e. The van der Waals surface area contributed by atoms with Gasteiger partial charge < -0.3 is 4.40 Å². The maximum absolute atomic E-state index is 5.23. The van der Waals surface area contributed by atoms with Gasteiger partial charge >= 0.3 is 0 Å². The molecule has 5 nitrogen and oxygen atoms in total. The second-order valence-electron chi connectivity index (χ2n) is 10.9. The number of hydrogen-bond acceptors (Lipinski definition) is 4. The molecule has 0 atom stereocenters. The molecule has 194 valence electrons. The lowest BCUT2D eigenvalue weighted by Crippen LogP contribution is -2.18. The van der Waals surface area contributed by atoms with E-state index in [1.54, 1.807) is 0 Å². The maximum atomic E-state index is 5.23. The minimum absolute atomic E-state index is 0.605. The lowest BCUT2D eigenvalue weighted by atomic mass is 10.0. The molecule has 0 aliphatic carbocycles. The highest BCUT2D eigenvalue weighted by atomic mass is 15.3. The summed E-state index contributed by atoms with van der Waals surface area (Å²) in [6.07, 6.45) is 0. The summed E-state index contributed by atoms with van der Waals surface area (Å²) in [6, 6.07) is 44.6. The third-order valence-electron chi connectivity index (χ3n) is 8.68. The number of fused-ring (bicyclic) bond motifs is 3. The molecule has 9 aromatic rings. The highest BCUT2D eigenvalue weighted by Crippen LogP contribution is 2.51. The average molecular weight is 536 g/mol. The van der Waals surface area contributed by atoms with E-state index < -0.39 is 0 Å². The van der Waals surface area contributed by atoms with Crippen LogP contribution in [0.5, 0.6) is 0 Å². The van der Waals surface area contributed by atoms with Gasteiger partial charge in [0.1, 0.15) is 0 Å². The number of hydrogen-bond donors (Lipinski definition) is 0. The number of nitrogens with zero attached hydrogens (tertiary/aromatic N) is 5. The Bertz CT molecular complexity index is 2440. The lowest BCUT2D eigenvalue weighted by molar-refractivity contribution is 1.02. The molecule has 0 amide bonds. The molecule has 1 aliphatic rings. The van der Waals surface area contributed by atoms with E-state index in [4.69, 9.17) is 15.0 Å². The molecule has 0 bridgehead atoms. The third-order valence-corrected chi connectivity index (χ3v) is 8.68. The first kappa shape index (κ1) is 21.9. The van der Waals surface area contributed by atoms with Crippen molar-refractivity contribution in [2.45, 2.75) is 0 Å². The second kappa shape index (κ2) is 7.89. The van der Waals surface area contributed by atoms with Crippen molar-refractivity contribution in [2.24, 2.45) is 0 Å². The van der Waals surface area contributed by atoms with Crippen molar-refractivity contribution in [3.63, 3.8) is 0 Å². The molecule has 0 spiro atoms. The van der Waals surface area contributed by atoms with Crippen LogP contribution < -0.4 is 4.90 Å². The minimum Gasteiger partial charge on any atom is -0.304 e. The summed E-state index contributed by atoms with van der Waals surface area (Å²) in [5.41, 5.74) is 7.72. The predicted molar refractivity (Wildman–Crippen MR) is 171 cm³/mol. The zero-order valence-electron chi connectivity index (χ0n) is 22.4. The molecule has 0 saturated heterocycles. The fraction of sp³-hybridized carbons (Fsp3) is 0. The number of aromatic nitrogens is 4. The number of anilines is 3. The Morgan fingerprint density at radius 1 is 0.405 bits per heavy atom. The van der Waals surface area contributed by atoms with Gasteiger partial charge in [0.25, 0.3) is 0 Å². The molecule has 1 aliphatic heterocycles. The van der Waals surface area contributed by atoms with Gasteiger partial charge in [-0.1, -0.05) is 115 Å². The molecule has 0 saturated carbocycles. The molecule has 10 rings (SSSR count). The van der Waals surface area contributed by atoms with Crippen molar-refractivity contribution in [3.05, 3.63) is 127 Å². The Kier molecular flexibility index (Phi) is 4.12. The summed E-state index contributed by atoms with van der Waals surface area (Å²) >= 11 is 0. The van der Waals surface area contributed by atoms with Crippen molar-refractivity contribution in [2.75, 3.05) is 4.90 Å². The van der Waals surface area contributed by atoms with Gasteiger partial charge in [-0.3, -0.25) is 4.90 Å². The quantitative estimate of drug-likeness (QED) is 0.226. The van der Waals surface area contributed by atoms with Gasteiger partial charge in [0, 0.05) is 32.7 Å². The van der Waals surface area contributed by atoms with Gasteiger partial charge in [0.15, 0.2) is 11.6 Å². The topological polar surface area (TPSA) is 46.3 Å². The zero-order valence-corrected chi connectivity index (χ0v) is 22.4. The average Bonchev–Trinajstić information content (AvgIpc) is 3.58. The summed E-state index contributed by atoms with van der Waals surface area (Å²) < 4.78 is 2.45. The van der Waals surface area contributed by atoms with Gasteiger partial charge in [0.05, 0.1) is 27.9 Å². The van der Waals surface area contributed by atoms with Crippen LogP contribution in [0, 0.1) is 0 Å². The molecular weight excluding hydrogens is 514 g/mol. The van der Waals surface area contributed by atoms with E-state index in [1.165, 1.54) is 38.1 Å². The number of benzene rings is 6. The fourth-order valence-corrected chi connectivity index (χ4v) is 6.95. The molecule has 42 heavy (non-hydrogen) atoms. The monoisotopic (exact) mass is 535 g/mol. The Morgan fingerprint density at radius 2 is 0.952 bits per heavy atom. The normalized spacial score (nSPS) is 12.7. The van der Waals surface area contributed by atoms with E-state index >= 15 is 0 Å². The Labute approximate surface area is 240 Å². The molecule has 3 aromatic heterocycles. The van der Waals surface area contributed by atoms with Crippen molar-refractivity contribution in [3.8, 4) is 22.8 Å². The third kappa shape index (κ3) is 2.74. The first-order valence-electron chi connectivity index (χ1n) is 14.1. The summed E-state index contributed by atoms with van der Waals surface area (Å²) in [5.74, 6) is 1.91. The molecular formula is C37H21N5. The SMILES string of the molecule is c1ccc(-c2nc(-c3cccc4ccccc34)nc(N3c4cccc5c6cccc7c8cccc3c8n(c45)c67)n2)cc1. The lowest BCUT2D eigenvalue weighted by Gasteiger charge is -2.28. The second-order valence-corrected chi connectivity index (χ2v) is 10.9. The van der Waals surface area contributed by atoms with Gasteiger partial charge in [-0.25, -0.2) is 4.98 Å². The Hall–Kier alpha value is -5.81. The van der Waals surface area contributed by atoms with E-state index in [0.29, 0.717) is 17.6 Å². The van der Waals surface area contributed by atoms with Gasteiger partial charge in [0.2, 0.25) is 5.95 Å². The van der Waals surface area contributed by atoms with E-state index in [0.717, 1.165) is 33.3 Å². The Balaban J connectivity index is 1.33. The first-order chi connectivity index (χ1) is 20.8. The largest absolute Gasteiger partial charge is 0.304 e. The number of para-hydroxylation sites is 3. The highest BCUT2D eigenvalue weighted by molar-refractivity contribution is 6.28. The van der Waals surface area contributed by atoms with Crippen LogP contribution in [0.2, 0.25) is 0 Å². The number of rotatable bonds is 3. The molecule has 0 unspecified atom stereocenters. The highest BCUT2D eigenvalue weighted by Gasteiger charge is 2.31. The van der Waals surface area contributed by atoms with Crippen LogP contribution in [0.3, 0.4) is 0 Å². The minimum atomic E-state index is 0.605. The molecule has 5 heteroatoms. The molecule has 0 fully saturated rings. The van der Waals surface area contributed by atoms with Gasteiger partial charge in [-0.05, 0) is 22.9 Å². The summed E-state index contributed by atoms with van der Waals surface area (Å²) in [5, 5.41) is 7.28. The van der Waals surface area contributed by atoms with Gasteiger partial charge in [-0.2, -0.15) is 9.97 Å². The van der Waals surface area contributed by atoms with Crippen LogP contribution in [0.15, 0.2) is 127 Å². The van der Waals surface area contributed by atoms with E-state index in [9.17, 15) is 0 Å². The fourth-order valence-electron chi connectivity index (χ4n) is 6.95. The van der Waals surface area contributed by atoms with Gasteiger partial charge in [-0.15, -0.1) is 0 Å². The van der Waals surface area contributed by atoms with Crippen LogP contribution in [0.4, 0.5) is 17.3 Å². The van der Waals surface area contributed by atoms with E-state index in [-0.39, 0.29) is 0 Å². The van der Waals surface area contributed by atoms with Crippen molar-refractivity contribution >= 4 is 66.2 Å². The smallest absolute Gasteiger partial charge is 0.238 e. The summed E-state index contributed by atoms with van der Waals surface area (Å²) in [7, 11) is 0. The Morgan fingerprint density at radius 3 is 1.69 bits per heavy atom.